The summed E-state index contributed by atoms with van der Waals surface area (Å²) in [6.45, 7) is 6.19. The molecule has 13 heavy (non-hydrogen) atoms. The summed E-state index contributed by atoms with van der Waals surface area (Å²) < 4.78 is 6.04. The zero-order valence-corrected chi connectivity index (χ0v) is 9.71. The Hall–Kier alpha value is -0.280. The van der Waals surface area contributed by atoms with Crippen molar-refractivity contribution in [2.75, 3.05) is 0 Å². The van der Waals surface area contributed by atoms with Gasteiger partial charge in [0.05, 0.1) is 10.7 Å². The summed E-state index contributed by atoms with van der Waals surface area (Å²) in [5, 5.41) is 9.91. The molecule has 2 atom stereocenters. The fourth-order valence-electron chi connectivity index (χ4n) is 1.12. The molecule has 1 N–H and O–H groups in total. The summed E-state index contributed by atoms with van der Waals surface area (Å²) in [6.07, 6.45) is 1.06. The molecular formula is C10H15BrO2. The Morgan fingerprint density at radius 3 is 2.38 bits per heavy atom. The molecule has 1 aromatic rings. The zero-order chi connectivity index (χ0) is 10.0. The highest BCUT2D eigenvalue weighted by Crippen LogP contribution is 2.32. The number of aliphatic hydroxyl groups is 1. The number of rotatable bonds is 3. The van der Waals surface area contributed by atoms with Crippen molar-refractivity contribution in [3.63, 3.8) is 0 Å². The average Bonchev–Trinajstić information content (AvgIpc) is 2.48. The van der Waals surface area contributed by atoms with Crippen molar-refractivity contribution in [2.24, 2.45) is 11.8 Å². The highest BCUT2D eigenvalue weighted by Gasteiger charge is 2.23. The first-order chi connectivity index (χ1) is 6.04. The van der Waals surface area contributed by atoms with E-state index < -0.39 is 6.10 Å². The van der Waals surface area contributed by atoms with Gasteiger partial charge in [0.2, 0.25) is 0 Å². The lowest BCUT2D eigenvalue weighted by molar-refractivity contribution is 0.0707. The van der Waals surface area contributed by atoms with E-state index in [9.17, 15) is 5.11 Å². The molecule has 0 amide bonds. The van der Waals surface area contributed by atoms with Gasteiger partial charge in [-0.3, -0.25) is 0 Å². The average molecular weight is 247 g/mol. The van der Waals surface area contributed by atoms with Gasteiger partial charge in [-0.25, -0.2) is 0 Å². The second-order valence-electron chi connectivity index (χ2n) is 3.68. The maximum Gasteiger partial charge on any atom is 0.146 e. The zero-order valence-electron chi connectivity index (χ0n) is 8.12. The standard InChI is InChI=1S/C10H15BrO2/c1-6(2)7(3)9(12)10-8(11)4-5-13-10/h4-7,9,12H,1-3H3. The summed E-state index contributed by atoms with van der Waals surface area (Å²) in [6, 6.07) is 1.80. The van der Waals surface area contributed by atoms with Crippen LogP contribution in [0.4, 0.5) is 0 Å². The molecule has 0 spiro atoms. The molecule has 0 fully saturated rings. The first-order valence-corrected chi connectivity index (χ1v) is 5.24. The molecule has 0 aliphatic heterocycles. The topological polar surface area (TPSA) is 33.4 Å². The van der Waals surface area contributed by atoms with Gasteiger partial charge < -0.3 is 9.52 Å². The quantitative estimate of drug-likeness (QED) is 0.888. The van der Waals surface area contributed by atoms with Gasteiger partial charge in [-0.05, 0) is 33.8 Å². The largest absolute Gasteiger partial charge is 0.465 e. The molecule has 0 saturated carbocycles. The summed E-state index contributed by atoms with van der Waals surface area (Å²) in [4.78, 5) is 0. The highest BCUT2D eigenvalue weighted by atomic mass is 79.9. The van der Waals surface area contributed by atoms with E-state index in [0.717, 1.165) is 4.47 Å². The number of aliphatic hydroxyl groups excluding tert-OH is 1. The monoisotopic (exact) mass is 246 g/mol. The summed E-state index contributed by atoms with van der Waals surface area (Å²) in [7, 11) is 0. The Kier molecular flexibility index (Phi) is 3.56. The van der Waals surface area contributed by atoms with E-state index in [4.69, 9.17) is 4.42 Å². The normalized spacial score (nSPS) is 16.2. The van der Waals surface area contributed by atoms with Crippen molar-refractivity contribution < 1.29 is 9.52 Å². The van der Waals surface area contributed by atoms with Gasteiger partial charge in [-0.15, -0.1) is 0 Å². The van der Waals surface area contributed by atoms with Crippen LogP contribution in [0.5, 0.6) is 0 Å². The lowest BCUT2D eigenvalue weighted by Gasteiger charge is -2.20. The number of hydrogen-bond donors (Lipinski definition) is 1. The first-order valence-electron chi connectivity index (χ1n) is 4.45. The Morgan fingerprint density at radius 2 is 2.00 bits per heavy atom. The smallest absolute Gasteiger partial charge is 0.146 e. The van der Waals surface area contributed by atoms with Gasteiger partial charge in [0.1, 0.15) is 11.9 Å². The SMILES string of the molecule is CC(C)C(C)C(O)c1occc1Br. The molecule has 1 aromatic heterocycles. The first kappa shape index (κ1) is 10.8. The van der Waals surface area contributed by atoms with E-state index in [2.05, 4.69) is 29.8 Å². The van der Waals surface area contributed by atoms with Crippen LogP contribution in [0.3, 0.4) is 0 Å². The summed E-state index contributed by atoms with van der Waals surface area (Å²) in [5.41, 5.74) is 0. The lowest BCUT2D eigenvalue weighted by atomic mass is 9.91. The van der Waals surface area contributed by atoms with Crippen LogP contribution < -0.4 is 0 Å². The van der Waals surface area contributed by atoms with Crippen molar-refractivity contribution in [1.82, 2.24) is 0 Å². The van der Waals surface area contributed by atoms with Crippen LogP contribution >= 0.6 is 15.9 Å². The van der Waals surface area contributed by atoms with Crippen molar-refractivity contribution in [1.29, 1.82) is 0 Å². The third kappa shape index (κ3) is 2.35. The Bertz CT molecular complexity index is 268. The molecule has 74 valence electrons. The third-order valence-corrected chi connectivity index (χ3v) is 3.12. The van der Waals surface area contributed by atoms with Gasteiger partial charge in [-0.2, -0.15) is 0 Å². The fraction of sp³-hybridized carbons (Fsp3) is 0.600. The molecule has 0 saturated heterocycles. The van der Waals surface area contributed by atoms with Crippen molar-refractivity contribution in [2.45, 2.75) is 26.9 Å². The molecule has 0 aromatic carbocycles. The molecule has 2 unspecified atom stereocenters. The molecule has 0 radical (unpaired) electrons. The van der Waals surface area contributed by atoms with Crippen LogP contribution in [0.1, 0.15) is 32.6 Å². The van der Waals surface area contributed by atoms with E-state index in [1.54, 1.807) is 12.3 Å². The third-order valence-electron chi connectivity index (χ3n) is 2.46. The molecule has 1 heterocycles. The molecule has 3 heteroatoms. The molecule has 0 aliphatic rings. The predicted molar refractivity (Wildman–Crippen MR) is 55.4 cm³/mol. The van der Waals surface area contributed by atoms with Gasteiger partial charge >= 0.3 is 0 Å². The summed E-state index contributed by atoms with van der Waals surface area (Å²) in [5.74, 6) is 1.26. The minimum Gasteiger partial charge on any atom is -0.465 e. The van der Waals surface area contributed by atoms with Crippen molar-refractivity contribution >= 4 is 15.9 Å². The van der Waals surface area contributed by atoms with Crippen LogP contribution in [0, 0.1) is 11.8 Å². The second-order valence-corrected chi connectivity index (χ2v) is 4.54. The molecule has 2 nitrogen and oxygen atoms in total. The van der Waals surface area contributed by atoms with Gasteiger partial charge in [0.25, 0.3) is 0 Å². The van der Waals surface area contributed by atoms with Crippen LogP contribution in [0.15, 0.2) is 21.2 Å². The Morgan fingerprint density at radius 1 is 1.38 bits per heavy atom. The van der Waals surface area contributed by atoms with Gasteiger partial charge in [-0.1, -0.05) is 20.8 Å². The fourth-order valence-corrected chi connectivity index (χ4v) is 1.56. The van der Waals surface area contributed by atoms with Crippen molar-refractivity contribution in [3.8, 4) is 0 Å². The van der Waals surface area contributed by atoms with E-state index in [1.807, 2.05) is 6.92 Å². The minimum absolute atomic E-state index is 0.197. The van der Waals surface area contributed by atoms with Crippen molar-refractivity contribution in [3.05, 3.63) is 22.6 Å². The summed E-state index contributed by atoms with van der Waals surface area (Å²) >= 11 is 3.33. The Labute approximate surface area is 87.1 Å². The molecule has 0 aliphatic carbocycles. The Balaban J connectivity index is 2.79. The van der Waals surface area contributed by atoms with Gasteiger partial charge in [0, 0.05) is 0 Å². The van der Waals surface area contributed by atoms with Crippen LogP contribution in [-0.4, -0.2) is 5.11 Å². The highest BCUT2D eigenvalue weighted by molar-refractivity contribution is 9.10. The van der Waals surface area contributed by atoms with Crippen LogP contribution in [0.25, 0.3) is 0 Å². The van der Waals surface area contributed by atoms with Crippen LogP contribution in [-0.2, 0) is 0 Å². The van der Waals surface area contributed by atoms with E-state index >= 15 is 0 Å². The number of furan rings is 1. The maximum absolute atomic E-state index is 9.91. The van der Waals surface area contributed by atoms with Gasteiger partial charge in [0.15, 0.2) is 0 Å². The number of halogens is 1. The second kappa shape index (κ2) is 4.29. The minimum atomic E-state index is -0.524. The van der Waals surface area contributed by atoms with Crippen LogP contribution in [0.2, 0.25) is 0 Å². The van der Waals surface area contributed by atoms with E-state index in [-0.39, 0.29) is 5.92 Å². The maximum atomic E-state index is 9.91. The van der Waals surface area contributed by atoms with E-state index in [1.165, 1.54) is 0 Å². The lowest BCUT2D eigenvalue weighted by Crippen LogP contribution is -2.14. The molecule has 1 rings (SSSR count). The van der Waals surface area contributed by atoms with E-state index in [0.29, 0.717) is 11.7 Å². The number of hydrogen-bond acceptors (Lipinski definition) is 2. The predicted octanol–water partition coefficient (Wildman–Crippen LogP) is 3.37. The molecular weight excluding hydrogens is 232 g/mol. The molecule has 0 bridgehead atoms.